The van der Waals surface area contributed by atoms with Gasteiger partial charge in [-0.05, 0) is 70.5 Å². The van der Waals surface area contributed by atoms with Crippen molar-refractivity contribution in [2.45, 2.75) is 10.9 Å². The molecule has 34 heavy (non-hydrogen) atoms. The summed E-state index contributed by atoms with van der Waals surface area (Å²) in [6, 6.07) is 13.9. The number of sulfonamides is 1. The van der Waals surface area contributed by atoms with Crippen molar-refractivity contribution in [3.8, 4) is 5.75 Å². The molecule has 174 valence electrons. The molecule has 1 aliphatic rings. The van der Waals surface area contributed by atoms with Gasteiger partial charge in [0, 0.05) is 17.4 Å². The van der Waals surface area contributed by atoms with Gasteiger partial charge < -0.3 is 9.84 Å². The number of aliphatic hydroxyl groups excluding tert-OH is 1. The van der Waals surface area contributed by atoms with Gasteiger partial charge in [-0.1, -0.05) is 6.07 Å². The summed E-state index contributed by atoms with van der Waals surface area (Å²) in [7, 11) is -2.46. The minimum Gasteiger partial charge on any atom is -0.507 e. The third-order valence-corrected chi connectivity index (χ3v) is 6.83. The lowest BCUT2D eigenvalue weighted by molar-refractivity contribution is -0.132. The van der Waals surface area contributed by atoms with Crippen LogP contribution in [0.3, 0.4) is 0 Å². The number of Topliss-reactive ketones (excluding diaryl/α,β-unsaturated/α-hetero) is 1. The number of hydrogen-bond acceptors (Lipinski definition) is 7. The summed E-state index contributed by atoms with van der Waals surface area (Å²) in [6.45, 7) is 0. The van der Waals surface area contributed by atoms with E-state index in [4.69, 9.17) is 9.88 Å². The Morgan fingerprint density at radius 1 is 1.12 bits per heavy atom. The zero-order valence-corrected chi connectivity index (χ0v) is 20.1. The number of carbonyl (C=O) groups excluding carboxylic acids is 2. The number of benzene rings is 2. The predicted molar refractivity (Wildman–Crippen MR) is 128 cm³/mol. The maximum Gasteiger partial charge on any atom is 0.300 e. The molecule has 0 bridgehead atoms. The Labute approximate surface area is 203 Å². The second-order valence-corrected chi connectivity index (χ2v) is 9.73. The van der Waals surface area contributed by atoms with Gasteiger partial charge in [0.05, 0.1) is 27.7 Å². The second kappa shape index (κ2) is 9.01. The maximum absolute atomic E-state index is 13.1. The number of ketones is 1. The number of anilines is 1. The lowest BCUT2D eigenvalue weighted by Crippen LogP contribution is -2.29. The first-order chi connectivity index (χ1) is 16.1. The number of halogens is 1. The molecule has 0 radical (unpaired) electrons. The Kier molecular flexibility index (Phi) is 6.26. The van der Waals surface area contributed by atoms with Crippen LogP contribution in [-0.4, -0.2) is 37.3 Å². The number of nitrogens with two attached hydrogens (primary N) is 1. The number of methoxy groups -OCH3 is 1. The van der Waals surface area contributed by atoms with E-state index in [1.54, 1.807) is 36.4 Å². The van der Waals surface area contributed by atoms with Crippen LogP contribution >= 0.6 is 15.9 Å². The Hall–Kier alpha value is -3.54. The number of ether oxygens (including phenoxy) is 1. The van der Waals surface area contributed by atoms with Crippen molar-refractivity contribution >= 4 is 49.1 Å². The fraction of sp³-hybridized carbons (Fsp3) is 0.0870. The summed E-state index contributed by atoms with van der Waals surface area (Å²) in [4.78, 5) is 31.6. The first kappa shape index (κ1) is 23.6. The average Bonchev–Trinajstić information content (AvgIpc) is 3.09. The van der Waals surface area contributed by atoms with E-state index in [0.29, 0.717) is 15.9 Å². The van der Waals surface area contributed by atoms with Crippen molar-refractivity contribution in [1.29, 1.82) is 0 Å². The van der Waals surface area contributed by atoms with Crippen molar-refractivity contribution in [3.63, 3.8) is 0 Å². The van der Waals surface area contributed by atoms with E-state index in [1.807, 2.05) is 0 Å². The molecule has 9 nitrogen and oxygen atoms in total. The number of aliphatic hydroxyl groups is 1. The molecule has 1 fully saturated rings. The van der Waals surface area contributed by atoms with Crippen molar-refractivity contribution < 1.29 is 27.9 Å². The number of hydrogen-bond donors (Lipinski definition) is 2. The van der Waals surface area contributed by atoms with Crippen LogP contribution in [0.5, 0.6) is 5.75 Å². The standard InChI is InChI=1S/C23H18BrN3O6S/c1-33-18-10-5-13(12-16(18)24)21(28)19-20(17-4-2-3-11-26-17)27(23(30)22(19)29)14-6-8-15(9-7-14)34(25,31)32/h2-12,20,28H,1H3,(H2,25,31,32)/b21-19+. The van der Waals surface area contributed by atoms with Crippen LogP contribution in [0.4, 0.5) is 5.69 Å². The molecule has 3 aromatic rings. The molecule has 1 unspecified atom stereocenters. The second-order valence-electron chi connectivity index (χ2n) is 7.31. The fourth-order valence-electron chi connectivity index (χ4n) is 3.68. The maximum atomic E-state index is 13.1. The fourth-order valence-corrected chi connectivity index (χ4v) is 4.74. The highest BCUT2D eigenvalue weighted by atomic mass is 79.9. The third-order valence-electron chi connectivity index (χ3n) is 5.28. The molecule has 1 atom stereocenters. The zero-order chi connectivity index (χ0) is 24.6. The molecule has 4 rings (SSSR count). The van der Waals surface area contributed by atoms with E-state index in [2.05, 4.69) is 20.9 Å². The molecular weight excluding hydrogens is 526 g/mol. The summed E-state index contributed by atoms with van der Waals surface area (Å²) < 4.78 is 29.0. The van der Waals surface area contributed by atoms with Gasteiger partial charge in [-0.2, -0.15) is 0 Å². The average molecular weight is 544 g/mol. The number of rotatable bonds is 5. The number of pyridine rings is 1. The van der Waals surface area contributed by atoms with Crippen molar-refractivity contribution in [3.05, 3.63) is 88.2 Å². The van der Waals surface area contributed by atoms with Gasteiger partial charge >= 0.3 is 0 Å². The van der Waals surface area contributed by atoms with Crippen LogP contribution in [0.2, 0.25) is 0 Å². The van der Waals surface area contributed by atoms with E-state index in [9.17, 15) is 23.1 Å². The summed E-state index contributed by atoms with van der Waals surface area (Å²) in [5.41, 5.74) is 0.707. The smallest absolute Gasteiger partial charge is 0.300 e. The van der Waals surface area contributed by atoms with Crippen LogP contribution < -0.4 is 14.8 Å². The molecule has 11 heteroatoms. The van der Waals surface area contributed by atoms with Gasteiger partial charge in [0.2, 0.25) is 10.0 Å². The molecule has 0 spiro atoms. The summed E-state index contributed by atoms with van der Waals surface area (Å²) in [5.74, 6) is -1.67. The Morgan fingerprint density at radius 3 is 2.38 bits per heavy atom. The number of aromatic nitrogens is 1. The van der Waals surface area contributed by atoms with Gasteiger partial charge in [0.25, 0.3) is 11.7 Å². The molecule has 1 aromatic heterocycles. The normalized spacial score (nSPS) is 17.7. The lowest BCUT2D eigenvalue weighted by Gasteiger charge is -2.24. The Morgan fingerprint density at radius 2 is 1.82 bits per heavy atom. The zero-order valence-electron chi connectivity index (χ0n) is 17.7. The summed E-state index contributed by atoms with van der Waals surface area (Å²) in [6.07, 6.45) is 1.50. The van der Waals surface area contributed by atoms with Crippen LogP contribution in [0, 0.1) is 0 Å². The number of nitrogens with zero attached hydrogens (tertiary/aromatic N) is 2. The molecule has 1 amide bonds. The van der Waals surface area contributed by atoms with Crippen molar-refractivity contribution in [2.24, 2.45) is 5.14 Å². The van der Waals surface area contributed by atoms with Gasteiger partial charge in [-0.15, -0.1) is 0 Å². The van der Waals surface area contributed by atoms with Gasteiger partial charge in [-0.3, -0.25) is 19.5 Å². The van der Waals surface area contributed by atoms with Crippen LogP contribution in [-0.2, 0) is 19.6 Å². The molecular formula is C23H18BrN3O6S. The molecule has 0 aliphatic carbocycles. The molecule has 0 saturated carbocycles. The van der Waals surface area contributed by atoms with Gasteiger partial charge in [0.15, 0.2) is 0 Å². The van der Waals surface area contributed by atoms with Crippen LogP contribution in [0.25, 0.3) is 5.76 Å². The number of carbonyl (C=O) groups is 2. The Balaban J connectivity index is 1.90. The van der Waals surface area contributed by atoms with Crippen LogP contribution in [0.15, 0.2) is 81.8 Å². The van der Waals surface area contributed by atoms with Crippen molar-refractivity contribution in [1.82, 2.24) is 4.98 Å². The summed E-state index contributed by atoms with van der Waals surface area (Å²) in [5, 5.41) is 16.3. The minimum atomic E-state index is -3.95. The lowest BCUT2D eigenvalue weighted by atomic mass is 9.98. The Bertz CT molecular complexity index is 1420. The highest BCUT2D eigenvalue weighted by Crippen LogP contribution is 2.42. The van der Waals surface area contributed by atoms with Gasteiger partial charge in [0.1, 0.15) is 17.6 Å². The first-order valence-electron chi connectivity index (χ1n) is 9.82. The number of primary sulfonamides is 1. The molecule has 1 aliphatic heterocycles. The molecule has 1 saturated heterocycles. The SMILES string of the molecule is COc1ccc(/C(O)=C2\C(=O)C(=O)N(c3ccc(S(N)(=O)=O)cc3)C2c2ccccn2)cc1Br. The highest BCUT2D eigenvalue weighted by Gasteiger charge is 2.47. The number of amides is 1. The van der Waals surface area contributed by atoms with E-state index in [1.165, 1.54) is 42.5 Å². The predicted octanol–water partition coefficient (Wildman–Crippen LogP) is 3.13. The molecule has 2 aromatic carbocycles. The highest BCUT2D eigenvalue weighted by molar-refractivity contribution is 9.10. The largest absolute Gasteiger partial charge is 0.507 e. The van der Waals surface area contributed by atoms with E-state index >= 15 is 0 Å². The third kappa shape index (κ3) is 4.20. The molecule has 2 heterocycles. The van der Waals surface area contributed by atoms with Crippen molar-refractivity contribution in [2.75, 3.05) is 12.0 Å². The van der Waals surface area contributed by atoms with E-state index in [0.717, 1.165) is 0 Å². The van der Waals surface area contributed by atoms with E-state index in [-0.39, 0.29) is 27.5 Å². The monoisotopic (exact) mass is 543 g/mol. The topological polar surface area (TPSA) is 140 Å². The summed E-state index contributed by atoms with van der Waals surface area (Å²) >= 11 is 3.35. The quantitative estimate of drug-likeness (QED) is 0.286. The minimum absolute atomic E-state index is 0.148. The van der Waals surface area contributed by atoms with E-state index < -0.39 is 27.8 Å². The van der Waals surface area contributed by atoms with Crippen LogP contribution in [0.1, 0.15) is 17.3 Å². The first-order valence-corrected chi connectivity index (χ1v) is 12.2. The van der Waals surface area contributed by atoms with Gasteiger partial charge in [-0.25, -0.2) is 13.6 Å². The molecule has 3 N–H and O–H groups in total.